The highest BCUT2D eigenvalue weighted by atomic mass is 28.3. The molecule has 0 saturated heterocycles. The van der Waals surface area contributed by atoms with Crippen LogP contribution in [0.25, 0.3) is 0 Å². The molecule has 0 aliphatic heterocycles. The smallest absolute Gasteiger partial charge is 0.133 e. The third-order valence-corrected chi connectivity index (χ3v) is 11.2. The van der Waals surface area contributed by atoms with E-state index in [-0.39, 0.29) is 0 Å². The third kappa shape index (κ3) is 3.07. The van der Waals surface area contributed by atoms with Crippen LogP contribution in [0.15, 0.2) is 0 Å². The molecule has 2 unspecified atom stereocenters. The molecule has 0 spiro atoms. The van der Waals surface area contributed by atoms with Gasteiger partial charge in [-0.15, -0.1) is 0 Å². The van der Waals surface area contributed by atoms with E-state index in [1.165, 1.54) is 12.8 Å². The van der Waals surface area contributed by atoms with E-state index in [2.05, 4.69) is 53.4 Å². The summed E-state index contributed by atoms with van der Waals surface area (Å²) in [6, 6.07) is 0. The Morgan fingerprint density at radius 1 is 0.867 bits per heavy atom. The Morgan fingerprint density at radius 2 is 1.27 bits per heavy atom. The molecule has 2 atom stereocenters. The van der Waals surface area contributed by atoms with E-state index in [0.29, 0.717) is 0 Å². The van der Waals surface area contributed by atoms with Crippen molar-refractivity contribution < 1.29 is 0 Å². The number of hydrogen-bond acceptors (Lipinski definition) is 1. The molecule has 0 aliphatic carbocycles. The van der Waals surface area contributed by atoms with Crippen molar-refractivity contribution in [1.82, 2.24) is 4.98 Å². The van der Waals surface area contributed by atoms with Crippen LogP contribution in [0.3, 0.4) is 0 Å². The monoisotopic (exact) mass is 229 g/mol. The summed E-state index contributed by atoms with van der Waals surface area (Å²) in [6.07, 6.45) is 2.64. The highest BCUT2D eigenvalue weighted by molar-refractivity contribution is 6.81. The maximum absolute atomic E-state index is 3.94. The zero-order valence-electron chi connectivity index (χ0n) is 11.9. The maximum atomic E-state index is 3.94. The summed E-state index contributed by atoms with van der Waals surface area (Å²) in [4.78, 5) is 3.94. The molecule has 92 valence electrons. The predicted molar refractivity (Wildman–Crippen MR) is 74.0 cm³/mol. The molecule has 0 fully saturated rings. The molecule has 0 aliphatic rings. The SMILES string of the molecule is CCN[Si](C(C)C)(C(C)CC)C(C)CC. The first-order chi connectivity index (χ1) is 6.97. The molecule has 0 rings (SSSR count). The summed E-state index contributed by atoms with van der Waals surface area (Å²) >= 11 is 0. The van der Waals surface area contributed by atoms with Gasteiger partial charge >= 0.3 is 0 Å². The van der Waals surface area contributed by atoms with Crippen LogP contribution in [-0.2, 0) is 0 Å². The summed E-state index contributed by atoms with van der Waals surface area (Å²) in [7, 11) is -1.33. The summed E-state index contributed by atoms with van der Waals surface area (Å²) in [5.41, 5.74) is 2.60. The lowest BCUT2D eigenvalue weighted by molar-refractivity contribution is 0.670. The standard InChI is InChI=1S/C13H31NSi/c1-8-12(6)15(11(4)5,14-10-3)13(7)9-2/h11-14H,8-10H2,1-7H3. The molecule has 0 heterocycles. The van der Waals surface area contributed by atoms with Gasteiger partial charge in [0.2, 0.25) is 0 Å². The molecule has 0 bridgehead atoms. The number of hydrogen-bond donors (Lipinski definition) is 1. The summed E-state index contributed by atoms with van der Waals surface area (Å²) in [5, 5.41) is 0. The van der Waals surface area contributed by atoms with Gasteiger partial charge in [0.15, 0.2) is 0 Å². The van der Waals surface area contributed by atoms with Crippen LogP contribution >= 0.6 is 0 Å². The average Bonchev–Trinajstić information content (AvgIpc) is 2.23. The van der Waals surface area contributed by atoms with Gasteiger partial charge in [0.1, 0.15) is 8.24 Å². The Balaban J connectivity index is 5.06. The Labute approximate surface area is 98.1 Å². The van der Waals surface area contributed by atoms with Crippen molar-refractivity contribution in [3.8, 4) is 0 Å². The van der Waals surface area contributed by atoms with Gasteiger partial charge in [-0.2, -0.15) is 0 Å². The largest absolute Gasteiger partial charge is 0.337 e. The summed E-state index contributed by atoms with van der Waals surface area (Å²) in [6.45, 7) is 17.8. The second-order valence-corrected chi connectivity index (χ2v) is 10.6. The molecule has 1 N–H and O–H groups in total. The van der Waals surface area contributed by atoms with E-state index in [1.807, 2.05) is 0 Å². The molecule has 15 heavy (non-hydrogen) atoms. The van der Waals surface area contributed by atoms with Crippen LogP contribution in [0.4, 0.5) is 0 Å². The van der Waals surface area contributed by atoms with Gasteiger partial charge < -0.3 is 4.98 Å². The first-order valence-electron chi connectivity index (χ1n) is 6.72. The van der Waals surface area contributed by atoms with Gasteiger partial charge in [0.05, 0.1) is 0 Å². The lowest BCUT2D eigenvalue weighted by atomic mass is 10.3. The van der Waals surface area contributed by atoms with Crippen molar-refractivity contribution in [2.45, 2.75) is 77.9 Å². The van der Waals surface area contributed by atoms with Crippen molar-refractivity contribution in [3.63, 3.8) is 0 Å². The van der Waals surface area contributed by atoms with Crippen molar-refractivity contribution in [2.75, 3.05) is 6.54 Å². The van der Waals surface area contributed by atoms with Crippen LogP contribution in [-0.4, -0.2) is 14.8 Å². The Bertz CT molecular complexity index is 158. The van der Waals surface area contributed by atoms with E-state index >= 15 is 0 Å². The number of rotatable bonds is 7. The molecule has 0 saturated carbocycles. The Hall–Kier alpha value is 0.177. The number of nitrogens with one attached hydrogen (secondary N) is 1. The van der Waals surface area contributed by atoms with Gasteiger partial charge in [-0.1, -0.05) is 61.3 Å². The van der Waals surface area contributed by atoms with Gasteiger partial charge in [-0.05, 0) is 23.2 Å². The quantitative estimate of drug-likeness (QED) is 0.632. The van der Waals surface area contributed by atoms with Crippen LogP contribution < -0.4 is 4.98 Å². The van der Waals surface area contributed by atoms with E-state index < -0.39 is 8.24 Å². The summed E-state index contributed by atoms with van der Waals surface area (Å²) in [5.74, 6) is 0. The highest BCUT2D eigenvalue weighted by Gasteiger charge is 2.44. The average molecular weight is 229 g/mol. The summed E-state index contributed by atoms with van der Waals surface area (Å²) < 4.78 is 0. The minimum absolute atomic E-state index is 0.836. The highest BCUT2D eigenvalue weighted by Crippen LogP contribution is 2.42. The topological polar surface area (TPSA) is 12.0 Å². The van der Waals surface area contributed by atoms with Crippen LogP contribution in [0.2, 0.25) is 16.6 Å². The van der Waals surface area contributed by atoms with Crippen molar-refractivity contribution in [1.29, 1.82) is 0 Å². The van der Waals surface area contributed by atoms with Gasteiger partial charge in [-0.3, -0.25) is 0 Å². The molecule has 0 radical (unpaired) electrons. The molecule has 0 aromatic carbocycles. The molecule has 0 aromatic rings. The Kier molecular flexibility index (Phi) is 6.77. The third-order valence-electron chi connectivity index (χ3n) is 4.29. The van der Waals surface area contributed by atoms with Crippen LogP contribution in [0.5, 0.6) is 0 Å². The fourth-order valence-electron chi connectivity index (χ4n) is 3.16. The first kappa shape index (κ1) is 15.2. The lowest BCUT2D eigenvalue weighted by Gasteiger charge is -2.45. The second kappa shape index (κ2) is 6.69. The van der Waals surface area contributed by atoms with E-state index in [9.17, 15) is 0 Å². The van der Waals surface area contributed by atoms with Crippen molar-refractivity contribution in [2.24, 2.45) is 0 Å². The van der Waals surface area contributed by atoms with E-state index in [4.69, 9.17) is 0 Å². The van der Waals surface area contributed by atoms with Gasteiger partial charge in [0.25, 0.3) is 0 Å². The van der Waals surface area contributed by atoms with Crippen LogP contribution in [0, 0.1) is 0 Å². The second-order valence-electron chi connectivity index (χ2n) is 5.24. The first-order valence-corrected chi connectivity index (χ1v) is 8.95. The Morgan fingerprint density at radius 3 is 1.47 bits per heavy atom. The molecule has 0 amide bonds. The van der Waals surface area contributed by atoms with Gasteiger partial charge in [0, 0.05) is 0 Å². The van der Waals surface area contributed by atoms with Crippen molar-refractivity contribution in [3.05, 3.63) is 0 Å². The molecular formula is C13H31NSi. The molecular weight excluding hydrogens is 198 g/mol. The molecule has 1 nitrogen and oxygen atoms in total. The zero-order chi connectivity index (χ0) is 12.1. The van der Waals surface area contributed by atoms with E-state index in [0.717, 1.165) is 23.2 Å². The van der Waals surface area contributed by atoms with Gasteiger partial charge in [-0.25, -0.2) is 0 Å². The normalized spacial score (nSPS) is 20.0. The van der Waals surface area contributed by atoms with E-state index in [1.54, 1.807) is 0 Å². The van der Waals surface area contributed by atoms with Crippen molar-refractivity contribution >= 4 is 8.24 Å². The molecule has 0 aromatic heterocycles. The predicted octanol–water partition coefficient (Wildman–Crippen LogP) is 4.55. The zero-order valence-corrected chi connectivity index (χ0v) is 12.9. The minimum Gasteiger partial charge on any atom is -0.337 e. The fraction of sp³-hybridized carbons (Fsp3) is 1.00. The lowest BCUT2D eigenvalue weighted by Crippen LogP contribution is -2.58. The molecule has 2 heteroatoms. The fourth-order valence-corrected chi connectivity index (χ4v) is 9.47. The van der Waals surface area contributed by atoms with Crippen LogP contribution in [0.1, 0.15) is 61.3 Å². The minimum atomic E-state index is -1.33. The maximum Gasteiger partial charge on any atom is 0.133 e.